The number of aromatic amines is 1. The Morgan fingerprint density at radius 2 is 1.71 bits per heavy atom. The van der Waals surface area contributed by atoms with E-state index in [4.69, 9.17) is 14.2 Å². The molecule has 0 aliphatic heterocycles. The Balaban J connectivity index is 1.73. The third kappa shape index (κ3) is 4.67. The number of anilines is 1. The zero-order valence-electron chi connectivity index (χ0n) is 20.2. The number of rotatable bonds is 9. The van der Waals surface area contributed by atoms with Crippen molar-refractivity contribution in [3.63, 3.8) is 0 Å². The molecule has 0 saturated carbocycles. The molecule has 4 rings (SSSR count). The lowest BCUT2D eigenvalue weighted by Crippen LogP contribution is -2.19. The van der Waals surface area contributed by atoms with Crippen molar-refractivity contribution >= 4 is 22.8 Å². The summed E-state index contributed by atoms with van der Waals surface area (Å²) in [5.74, 6) is 1.29. The maximum absolute atomic E-state index is 13.3. The number of aromatic nitrogens is 6. The van der Waals surface area contributed by atoms with E-state index in [0.717, 1.165) is 0 Å². The van der Waals surface area contributed by atoms with E-state index < -0.39 is 5.91 Å². The Bertz CT molecular complexity index is 1410. The summed E-state index contributed by atoms with van der Waals surface area (Å²) >= 11 is 0. The predicted molar refractivity (Wildman–Crippen MR) is 129 cm³/mol. The van der Waals surface area contributed by atoms with Crippen LogP contribution < -0.4 is 25.1 Å². The number of fused-ring (bicyclic) bond motifs is 1. The van der Waals surface area contributed by atoms with E-state index in [1.54, 1.807) is 32.2 Å². The standard InChI is InChI=1S/C23H27N7O5/c1-6-33-16-10-14(11-17(34-7-2)19(16)35-8-3)21(31)25-18-9-13(4)28-30(18)23-26-20-15(22(32)27-23)12-24-29(20)5/h9-12H,6-8H2,1-5H3,(H,25,31)(H,26,27,32). The van der Waals surface area contributed by atoms with Gasteiger partial charge < -0.3 is 19.5 Å². The van der Waals surface area contributed by atoms with Gasteiger partial charge in [0.25, 0.3) is 11.5 Å². The van der Waals surface area contributed by atoms with Gasteiger partial charge >= 0.3 is 0 Å². The maximum Gasteiger partial charge on any atom is 0.263 e. The summed E-state index contributed by atoms with van der Waals surface area (Å²) in [5.41, 5.74) is 0.945. The lowest BCUT2D eigenvalue weighted by molar-refractivity contribution is 0.102. The van der Waals surface area contributed by atoms with Crippen LogP contribution in [0.2, 0.25) is 0 Å². The van der Waals surface area contributed by atoms with Crippen LogP contribution in [-0.2, 0) is 7.05 Å². The highest BCUT2D eigenvalue weighted by Crippen LogP contribution is 2.39. The maximum atomic E-state index is 13.3. The van der Waals surface area contributed by atoms with Crippen molar-refractivity contribution in [1.29, 1.82) is 0 Å². The van der Waals surface area contributed by atoms with Crippen molar-refractivity contribution < 1.29 is 19.0 Å². The number of nitrogens with zero attached hydrogens (tertiary/aromatic N) is 5. The molecular weight excluding hydrogens is 454 g/mol. The first kappa shape index (κ1) is 23.8. The highest BCUT2D eigenvalue weighted by Gasteiger charge is 2.21. The number of carbonyl (C=O) groups excluding carboxylic acids is 1. The summed E-state index contributed by atoms with van der Waals surface area (Å²) in [6, 6.07) is 4.87. The van der Waals surface area contributed by atoms with E-state index in [1.807, 2.05) is 20.8 Å². The van der Waals surface area contributed by atoms with Crippen molar-refractivity contribution in [2.45, 2.75) is 27.7 Å². The molecule has 0 spiro atoms. The third-order valence-corrected chi connectivity index (χ3v) is 5.03. The van der Waals surface area contributed by atoms with E-state index in [2.05, 4.69) is 25.5 Å². The molecule has 1 aromatic carbocycles. The Morgan fingerprint density at radius 1 is 1.06 bits per heavy atom. The second-order valence-electron chi connectivity index (χ2n) is 7.53. The van der Waals surface area contributed by atoms with Gasteiger partial charge in [0.1, 0.15) is 11.2 Å². The van der Waals surface area contributed by atoms with Crippen LogP contribution in [0.3, 0.4) is 0 Å². The quantitative estimate of drug-likeness (QED) is 0.372. The zero-order valence-corrected chi connectivity index (χ0v) is 20.2. The van der Waals surface area contributed by atoms with Gasteiger partial charge in [-0.05, 0) is 39.8 Å². The summed E-state index contributed by atoms with van der Waals surface area (Å²) < 4.78 is 20.0. The fourth-order valence-corrected chi connectivity index (χ4v) is 3.58. The second-order valence-corrected chi connectivity index (χ2v) is 7.53. The number of aryl methyl sites for hydroxylation is 2. The number of amides is 1. The molecule has 35 heavy (non-hydrogen) atoms. The monoisotopic (exact) mass is 481 g/mol. The largest absolute Gasteiger partial charge is 0.490 e. The van der Waals surface area contributed by atoms with Crippen molar-refractivity contribution in [1.82, 2.24) is 29.5 Å². The fraction of sp³-hybridized carbons (Fsp3) is 0.348. The van der Waals surface area contributed by atoms with E-state index in [0.29, 0.717) is 65.2 Å². The molecule has 3 aromatic heterocycles. The minimum atomic E-state index is -0.430. The molecule has 0 aliphatic carbocycles. The van der Waals surface area contributed by atoms with Crippen molar-refractivity contribution in [2.75, 3.05) is 25.1 Å². The number of ether oxygens (including phenoxy) is 3. The van der Waals surface area contributed by atoms with E-state index >= 15 is 0 Å². The van der Waals surface area contributed by atoms with Gasteiger partial charge in [0, 0.05) is 18.7 Å². The van der Waals surface area contributed by atoms with Crippen LogP contribution in [0.5, 0.6) is 17.2 Å². The summed E-state index contributed by atoms with van der Waals surface area (Å²) in [6.45, 7) is 8.50. The van der Waals surface area contributed by atoms with Crippen molar-refractivity contribution in [3.8, 4) is 23.2 Å². The number of benzene rings is 1. The molecular formula is C23H27N7O5. The van der Waals surface area contributed by atoms with Crippen LogP contribution in [0, 0.1) is 6.92 Å². The summed E-state index contributed by atoms with van der Waals surface area (Å²) in [4.78, 5) is 32.9. The first-order chi connectivity index (χ1) is 16.9. The molecule has 184 valence electrons. The molecule has 0 atom stereocenters. The lowest BCUT2D eigenvalue weighted by atomic mass is 10.1. The first-order valence-corrected chi connectivity index (χ1v) is 11.2. The molecule has 4 aromatic rings. The normalized spacial score (nSPS) is 11.0. The number of H-pyrrole nitrogens is 1. The molecule has 2 N–H and O–H groups in total. The van der Waals surface area contributed by atoms with Crippen LogP contribution in [0.4, 0.5) is 5.82 Å². The summed E-state index contributed by atoms with van der Waals surface area (Å²) in [7, 11) is 1.69. The molecule has 0 aliphatic rings. The molecule has 0 fully saturated rings. The van der Waals surface area contributed by atoms with Crippen molar-refractivity contribution in [2.24, 2.45) is 7.05 Å². The van der Waals surface area contributed by atoms with Gasteiger partial charge in [-0.25, -0.2) is 0 Å². The van der Waals surface area contributed by atoms with Crippen LogP contribution in [-0.4, -0.2) is 55.3 Å². The number of carbonyl (C=O) groups is 1. The molecule has 3 heterocycles. The Kier molecular flexibility index (Phi) is 6.71. The van der Waals surface area contributed by atoms with Gasteiger partial charge in [0.2, 0.25) is 11.7 Å². The Labute approximate surface area is 200 Å². The van der Waals surface area contributed by atoms with E-state index in [-0.39, 0.29) is 11.5 Å². The minimum absolute atomic E-state index is 0.145. The average molecular weight is 482 g/mol. The molecule has 0 radical (unpaired) electrons. The number of nitrogens with one attached hydrogen (secondary N) is 2. The lowest BCUT2D eigenvalue weighted by Gasteiger charge is -2.17. The van der Waals surface area contributed by atoms with Gasteiger partial charge in [-0.2, -0.15) is 19.9 Å². The highest BCUT2D eigenvalue weighted by molar-refractivity contribution is 6.04. The fourth-order valence-electron chi connectivity index (χ4n) is 3.58. The average Bonchev–Trinajstić information content (AvgIpc) is 3.38. The van der Waals surface area contributed by atoms with Crippen LogP contribution in [0.1, 0.15) is 36.8 Å². The van der Waals surface area contributed by atoms with Gasteiger partial charge in [-0.15, -0.1) is 0 Å². The molecule has 12 nitrogen and oxygen atoms in total. The first-order valence-electron chi connectivity index (χ1n) is 11.2. The Hall–Kier alpha value is -4.35. The number of hydrogen-bond donors (Lipinski definition) is 2. The zero-order chi connectivity index (χ0) is 25.1. The van der Waals surface area contributed by atoms with Gasteiger partial charge in [0.15, 0.2) is 17.1 Å². The molecule has 12 heteroatoms. The summed E-state index contributed by atoms with van der Waals surface area (Å²) in [6.07, 6.45) is 1.44. The minimum Gasteiger partial charge on any atom is -0.490 e. The van der Waals surface area contributed by atoms with Gasteiger partial charge in [-0.1, -0.05) is 0 Å². The second kappa shape index (κ2) is 9.87. The van der Waals surface area contributed by atoms with E-state index in [9.17, 15) is 9.59 Å². The molecule has 0 bridgehead atoms. The molecule has 0 unspecified atom stereocenters. The van der Waals surface area contributed by atoms with Crippen LogP contribution >= 0.6 is 0 Å². The smallest absolute Gasteiger partial charge is 0.263 e. The van der Waals surface area contributed by atoms with Crippen LogP contribution in [0.25, 0.3) is 17.0 Å². The number of hydrogen-bond acceptors (Lipinski definition) is 8. The van der Waals surface area contributed by atoms with Crippen LogP contribution in [0.15, 0.2) is 29.2 Å². The topological polar surface area (TPSA) is 138 Å². The molecule has 1 amide bonds. The van der Waals surface area contributed by atoms with E-state index in [1.165, 1.54) is 15.6 Å². The third-order valence-electron chi connectivity index (χ3n) is 5.03. The predicted octanol–water partition coefficient (Wildman–Crippen LogP) is 2.60. The Morgan fingerprint density at radius 3 is 2.34 bits per heavy atom. The van der Waals surface area contributed by atoms with Gasteiger partial charge in [0.05, 0.1) is 31.7 Å². The van der Waals surface area contributed by atoms with Crippen molar-refractivity contribution in [3.05, 3.63) is 46.0 Å². The summed E-state index contributed by atoms with van der Waals surface area (Å²) in [5, 5.41) is 11.7. The molecule has 0 saturated heterocycles. The van der Waals surface area contributed by atoms with Gasteiger partial charge in [-0.3, -0.25) is 19.3 Å². The highest BCUT2D eigenvalue weighted by atomic mass is 16.5. The SMILES string of the molecule is CCOc1cc(C(=O)Nc2cc(C)nn2-c2nc3c(cnn3C)c(=O)[nH]2)cc(OCC)c1OCC.